The molecule has 0 saturated heterocycles. The van der Waals surface area contributed by atoms with Crippen LogP contribution < -0.4 is 10.6 Å². The molecular formula is C19H24FN3O. The second-order valence-electron chi connectivity index (χ2n) is 5.34. The summed E-state index contributed by atoms with van der Waals surface area (Å²) >= 11 is 0. The zero-order valence-electron chi connectivity index (χ0n) is 14.1. The van der Waals surface area contributed by atoms with Crippen molar-refractivity contribution >= 4 is 5.96 Å². The highest BCUT2D eigenvalue weighted by atomic mass is 19.1. The van der Waals surface area contributed by atoms with Gasteiger partial charge in [-0.2, -0.15) is 0 Å². The summed E-state index contributed by atoms with van der Waals surface area (Å²) in [7, 11) is 1.69. The van der Waals surface area contributed by atoms with Crippen LogP contribution in [0.2, 0.25) is 0 Å². The Kier molecular flexibility index (Phi) is 7.23. The molecule has 0 heterocycles. The normalized spacial score (nSPS) is 12.7. The molecule has 0 radical (unpaired) electrons. The first kappa shape index (κ1) is 17.9. The summed E-state index contributed by atoms with van der Waals surface area (Å²) in [5.74, 6) is 0.434. The maximum absolute atomic E-state index is 13.2. The molecule has 0 fully saturated rings. The number of hydrogen-bond acceptors (Lipinski definition) is 2. The van der Waals surface area contributed by atoms with Gasteiger partial charge in [0.25, 0.3) is 0 Å². The van der Waals surface area contributed by atoms with Gasteiger partial charge in [-0.25, -0.2) is 9.38 Å². The zero-order chi connectivity index (χ0) is 17.2. The molecule has 0 amide bonds. The number of hydrogen-bond donors (Lipinski definition) is 2. The zero-order valence-corrected chi connectivity index (χ0v) is 14.1. The molecule has 4 nitrogen and oxygen atoms in total. The van der Waals surface area contributed by atoms with Crippen molar-refractivity contribution in [3.8, 4) is 0 Å². The van der Waals surface area contributed by atoms with E-state index in [0.717, 1.165) is 17.7 Å². The first-order valence-corrected chi connectivity index (χ1v) is 8.07. The van der Waals surface area contributed by atoms with Crippen molar-refractivity contribution in [3.05, 3.63) is 71.5 Å². The maximum atomic E-state index is 13.2. The number of guanidine groups is 1. The van der Waals surface area contributed by atoms with Crippen LogP contribution in [0.1, 0.15) is 24.2 Å². The molecule has 2 N–H and O–H groups in total. The van der Waals surface area contributed by atoms with E-state index in [1.807, 2.05) is 43.3 Å². The van der Waals surface area contributed by atoms with Crippen LogP contribution in [0.25, 0.3) is 0 Å². The monoisotopic (exact) mass is 329 g/mol. The molecule has 2 rings (SSSR count). The van der Waals surface area contributed by atoms with E-state index in [4.69, 9.17) is 4.74 Å². The lowest BCUT2D eigenvalue weighted by molar-refractivity contribution is 0.106. The fourth-order valence-electron chi connectivity index (χ4n) is 2.34. The Morgan fingerprint density at radius 2 is 1.92 bits per heavy atom. The van der Waals surface area contributed by atoms with E-state index in [0.29, 0.717) is 19.0 Å². The molecule has 0 spiro atoms. The number of nitrogens with zero attached hydrogens (tertiary/aromatic N) is 1. The van der Waals surface area contributed by atoms with Crippen molar-refractivity contribution in [1.29, 1.82) is 0 Å². The van der Waals surface area contributed by atoms with Crippen LogP contribution in [0.3, 0.4) is 0 Å². The summed E-state index contributed by atoms with van der Waals surface area (Å²) in [5.41, 5.74) is 1.94. The number of methoxy groups -OCH3 is 1. The van der Waals surface area contributed by atoms with E-state index >= 15 is 0 Å². The van der Waals surface area contributed by atoms with Crippen LogP contribution in [0.5, 0.6) is 0 Å². The maximum Gasteiger partial charge on any atom is 0.191 e. The van der Waals surface area contributed by atoms with Gasteiger partial charge in [-0.15, -0.1) is 0 Å². The predicted molar refractivity (Wildman–Crippen MR) is 95.4 cm³/mol. The van der Waals surface area contributed by atoms with E-state index in [2.05, 4.69) is 15.6 Å². The number of nitrogens with one attached hydrogen (secondary N) is 2. The van der Waals surface area contributed by atoms with Gasteiger partial charge in [0.05, 0.1) is 12.6 Å². The summed E-state index contributed by atoms with van der Waals surface area (Å²) in [5, 5.41) is 6.46. The van der Waals surface area contributed by atoms with E-state index in [9.17, 15) is 4.39 Å². The second kappa shape index (κ2) is 9.67. The Hall–Kier alpha value is -2.40. The van der Waals surface area contributed by atoms with Gasteiger partial charge in [0, 0.05) is 20.2 Å². The Morgan fingerprint density at radius 1 is 1.12 bits per heavy atom. The molecule has 5 heteroatoms. The Labute approximate surface area is 142 Å². The third kappa shape index (κ3) is 5.66. The van der Waals surface area contributed by atoms with Crippen molar-refractivity contribution in [3.63, 3.8) is 0 Å². The van der Waals surface area contributed by atoms with Crippen molar-refractivity contribution in [2.24, 2.45) is 4.99 Å². The predicted octanol–water partition coefficient (Wildman–Crippen LogP) is 3.27. The van der Waals surface area contributed by atoms with E-state index in [-0.39, 0.29) is 11.9 Å². The summed E-state index contributed by atoms with van der Waals surface area (Å²) in [6.45, 7) is 3.76. The van der Waals surface area contributed by atoms with Gasteiger partial charge in [0.2, 0.25) is 0 Å². The van der Waals surface area contributed by atoms with Crippen molar-refractivity contribution in [2.45, 2.75) is 19.6 Å². The molecule has 0 saturated carbocycles. The van der Waals surface area contributed by atoms with Crippen LogP contribution in [-0.2, 0) is 11.3 Å². The number of halogens is 1. The van der Waals surface area contributed by atoms with Crippen LogP contribution in [-0.4, -0.2) is 26.2 Å². The summed E-state index contributed by atoms with van der Waals surface area (Å²) in [4.78, 5) is 4.50. The number of aliphatic imine (C=N–C) groups is 1. The third-order valence-electron chi connectivity index (χ3n) is 3.56. The fourth-order valence-corrected chi connectivity index (χ4v) is 2.34. The Balaban J connectivity index is 1.98. The molecule has 24 heavy (non-hydrogen) atoms. The molecule has 0 aliphatic rings. The highest BCUT2D eigenvalue weighted by Gasteiger charge is 2.10. The molecule has 0 aliphatic carbocycles. The highest BCUT2D eigenvalue weighted by molar-refractivity contribution is 5.79. The quantitative estimate of drug-likeness (QED) is 0.605. The Morgan fingerprint density at radius 3 is 2.58 bits per heavy atom. The van der Waals surface area contributed by atoms with Gasteiger partial charge in [-0.3, -0.25) is 0 Å². The van der Waals surface area contributed by atoms with Crippen LogP contribution >= 0.6 is 0 Å². The minimum atomic E-state index is -0.246. The van der Waals surface area contributed by atoms with Crippen molar-refractivity contribution < 1.29 is 9.13 Å². The van der Waals surface area contributed by atoms with E-state index in [1.54, 1.807) is 13.2 Å². The Bertz CT molecular complexity index is 646. The minimum Gasteiger partial charge on any atom is -0.375 e. The third-order valence-corrected chi connectivity index (χ3v) is 3.56. The second-order valence-corrected chi connectivity index (χ2v) is 5.34. The highest BCUT2D eigenvalue weighted by Crippen LogP contribution is 2.14. The molecular weight excluding hydrogens is 305 g/mol. The first-order chi connectivity index (χ1) is 11.7. The lowest BCUT2D eigenvalue weighted by atomic mass is 10.1. The van der Waals surface area contributed by atoms with Crippen LogP contribution in [0.15, 0.2) is 59.6 Å². The topological polar surface area (TPSA) is 45.7 Å². The summed E-state index contributed by atoms with van der Waals surface area (Å²) < 4.78 is 18.8. The van der Waals surface area contributed by atoms with E-state index in [1.165, 1.54) is 12.1 Å². The molecule has 1 unspecified atom stereocenters. The lowest BCUT2D eigenvalue weighted by Crippen LogP contribution is -2.39. The molecule has 2 aromatic carbocycles. The van der Waals surface area contributed by atoms with Gasteiger partial charge < -0.3 is 15.4 Å². The van der Waals surface area contributed by atoms with Crippen molar-refractivity contribution in [1.82, 2.24) is 10.6 Å². The molecule has 0 aromatic heterocycles. The molecule has 0 bridgehead atoms. The number of ether oxygens (including phenoxy) is 1. The summed E-state index contributed by atoms with van der Waals surface area (Å²) in [6.07, 6.45) is -0.0655. The molecule has 128 valence electrons. The lowest BCUT2D eigenvalue weighted by Gasteiger charge is -2.18. The van der Waals surface area contributed by atoms with Gasteiger partial charge in [0.15, 0.2) is 5.96 Å². The van der Waals surface area contributed by atoms with Crippen molar-refractivity contribution in [2.75, 3.05) is 20.2 Å². The van der Waals surface area contributed by atoms with Gasteiger partial charge in [-0.1, -0.05) is 42.5 Å². The minimum absolute atomic E-state index is 0.0655. The largest absolute Gasteiger partial charge is 0.375 e. The van der Waals surface area contributed by atoms with Gasteiger partial charge in [0.1, 0.15) is 5.82 Å². The average molecular weight is 329 g/mol. The van der Waals surface area contributed by atoms with E-state index < -0.39 is 0 Å². The summed E-state index contributed by atoms with van der Waals surface area (Å²) in [6, 6.07) is 16.5. The molecule has 2 aromatic rings. The molecule has 0 aliphatic heterocycles. The van der Waals surface area contributed by atoms with Gasteiger partial charge >= 0.3 is 0 Å². The SMILES string of the molecule is CCNC(=NCc1cccc(F)c1)NCC(OC)c1ccccc1. The smallest absolute Gasteiger partial charge is 0.191 e. The van der Waals surface area contributed by atoms with Crippen LogP contribution in [0, 0.1) is 5.82 Å². The fraction of sp³-hybridized carbons (Fsp3) is 0.316. The number of rotatable bonds is 7. The number of benzene rings is 2. The van der Waals surface area contributed by atoms with Crippen LogP contribution in [0.4, 0.5) is 4.39 Å². The average Bonchev–Trinajstić information content (AvgIpc) is 2.61. The van der Waals surface area contributed by atoms with Gasteiger partial charge in [-0.05, 0) is 30.2 Å². The standard InChI is InChI=1S/C19H24FN3O/c1-3-21-19(22-13-15-8-7-11-17(20)12-15)23-14-18(24-2)16-9-5-4-6-10-16/h4-12,18H,3,13-14H2,1-2H3,(H2,21,22,23). The molecule has 1 atom stereocenters. The first-order valence-electron chi connectivity index (χ1n) is 8.07.